The van der Waals surface area contributed by atoms with Gasteiger partial charge in [-0.3, -0.25) is 0 Å². The highest BCUT2D eigenvalue weighted by atomic mass is 19.1. The predicted octanol–water partition coefficient (Wildman–Crippen LogP) is 1.90. The monoisotopic (exact) mass is 191 g/mol. The Kier molecular flexibility index (Phi) is 1.96. The second-order valence-corrected chi connectivity index (χ2v) is 3.07. The Labute approximate surface area is 81.0 Å². The van der Waals surface area contributed by atoms with Crippen molar-refractivity contribution < 1.29 is 4.39 Å². The third-order valence-electron chi connectivity index (χ3n) is 2.12. The van der Waals surface area contributed by atoms with Gasteiger partial charge in [0.15, 0.2) is 0 Å². The molecular formula is C10H10FN3. The van der Waals surface area contributed by atoms with Crippen LogP contribution in [0, 0.1) is 12.7 Å². The molecule has 0 amide bonds. The Balaban J connectivity index is 2.49. The van der Waals surface area contributed by atoms with Gasteiger partial charge in [0.25, 0.3) is 0 Å². The fraction of sp³-hybridized carbons (Fsp3) is 0.100. The van der Waals surface area contributed by atoms with Gasteiger partial charge in [0, 0.05) is 0 Å². The van der Waals surface area contributed by atoms with E-state index in [9.17, 15) is 4.39 Å². The van der Waals surface area contributed by atoms with Gasteiger partial charge in [-0.25, -0.2) is 9.07 Å². The van der Waals surface area contributed by atoms with Gasteiger partial charge in [0.2, 0.25) is 0 Å². The summed E-state index contributed by atoms with van der Waals surface area (Å²) < 4.78 is 14.3. The number of nitrogens with zero attached hydrogens (tertiary/aromatic N) is 2. The molecule has 0 aliphatic rings. The molecule has 72 valence electrons. The zero-order valence-corrected chi connectivity index (χ0v) is 7.74. The van der Waals surface area contributed by atoms with E-state index < -0.39 is 0 Å². The van der Waals surface area contributed by atoms with E-state index in [0.29, 0.717) is 5.69 Å². The standard InChI is InChI=1S/C10H10FN3/c1-7-10(12)6-13-14(7)9-4-2-8(11)3-5-9/h2-6H,12H2,1H3. The number of rotatable bonds is 1. The van der Waals surface area contributed by atoms with Crippen molar-refractivity contribution in [2.75, 3.05) is 5.73 Å². The summed E-state index contributed by atoms with van der Waals surface area (Å²) in [6, 6.07) is 6.11. The fourth-order valence-corrected chi connectivity index (χ4v) is 1.26. The number of hydrogen-bond donors (Lipinski definition) is 1. The first-order valence-electron chi connectivity index (χ1n) is 4.24. The molecule has 0 aliphatic heterocycles. The van der Waals surface area contributed by atoms with Crippen molar-refractivity contribution in [2.24, 2.45) is 0 Å². The Hall–Kier alpha value is -1.84. The molecule has 0 saturated carbocycles. The summed E-state index contributed by atoms with van der Waals surface area (Å²) in [4.78, 5) is 0. The highest BCUT2D eigenvalue weighted by Gasteiger charge is 2.04. The van der Waals surface area contributed by atoms with E-state index in [1.54, 1.807) is 23.0 Å². The summed E-state index contributed by atoms with van der Waals surface area (Å²) >= 11 is 0. The second-order valence-electron chi connectivity index (χ2n) is 3.07. The minimum atomic E-state index is -0.258. The molecule has 0 spiro atoms. The molecule has 2 N–H and O–H groups in total. The third kappa shape index (κ3) is 1.35. The number of anilines is 1. The normalized spacial score (nSPS) is 10.4. The molecule has 0 atom stereocenters. The van der Waals surface area contributed by atoms with Gasteiger partial charge in [-0.2, -0.15) is 5.10 Å². The lowest BCUT2D eigenvalue weighted by Gasteiger charge is -2.03. The first kappa shape index (κ1) is 8.74. The SMILES string of the molecule is Cc1c(N)cnn1-c1ccc(F)cc1. The summed E-state index contributed by atoms with van der Waals surface area (Å²) in [7, 11) is 0. The van der Waals surface area contributed by atoms with Crippen LogP contribution in [-0.4, -0.2) is 9.78 Å². The summed E-state index contributed by atoms with van der Waals surface area (Å²) in [5.74, 6) is -0.258. The maximum Gasteiger partial charge on any atom is 0.123 e. The van der Waals surface area contributed by atoms with Crippen molar-refractivity contribution in [1.82, 2.24) is 9.78 Å². The van der Waals surface area contributed by atoms with E-state index in [1.165, 1.54) is 12.1 Å². The number of nitrogens with two attached hydrogens (primary N) is 1. The number of nitrogen functional groups attached to an aromatic ring is 1. The summed E-state index contributed by atoms with van der Waals surface area (Å²) in [6.45, 7) is 1.87. The smallest absolute Gasteiger partial charge is 0.123 e. The minimum absolute atomic E-state index is 0.258. The van der Waals surface area contributed by atoms with Gasteiger partial charge in [-0.1, -0.05) is 0 Å². The van der Waals surface area contributed by atoms with Crippen molar-refractivity contribution in [2.45, 2.75) is 6.92 Å². The number of benzene rings is 1. The van der Waals surface area contributed by atoms with Gasteiger partial charge >= 0.3 is 0 Å². The van der Waals surface area contributed by atoms with Crippen molar-refractivity contribution in [1.29, 1.82) is 0 Å². The molecule has 4 heteroatoms. The van der Waals surface area contributed by atoms with Crippen LogP contribution in [0.25, 0.3) is 5.69 Å². The molecule has 0 aliphatic carbocycles. The number of halogens is 1. The average Bonchev–Trinajstić information content (AvgIpc) is 2.50. The van der Waals surface area contributed by atoms with Crippen LogP contribution in [0.15, 0.2) is 30.5 Å². The molecule has 0 unspecified atom stereocenters. The lowest BCUT2D eigenvalue weighted by Crippen LogP contribution is -1.99. The largest absolute Gasteiger partial charge is 0.396 e. The highest BCUT2D eigenvalue weighted by Crippen LogP contribution is 2.15. The van der Waals surface area contributed by atoms with Crippen LogP contribution < -0.4 is 5.73 Å². The van der Waals surface area contributed by atoms with E-state index in [4.69, 9.17) is 5.73 Å². The summed E-state index contributed by atoms with van der Waals surface area (Å²) in [5, 5.41) is 4.08. The molecule has 3 nitrogen and oxygen atoms in total. The highest BCUT2D eigenvalue weighted by molar-refractivity contribution is 5.45. The van der Waals surface area contributed by atoms with Gasteiger partial charge in [0.05, 0.1) is 23.3 Å². The van der Waals surface area contributed by atoms with E-state index in [-0.39, 0.29) is 5.82 Å². The van der Waals surface area contributed by atoms with Crippen LogP contribution in [-0.2, 0) is 0 Å². The van der Waals surface area contributed by atoms with Crippen LogP contribution in [0.5, 0.6) is 0 Å². The van der Waals surface area contributed by atoms with Crippen molar-refractivity contribution in [3.05, 3.63) is 42.0 Å². The minimum Gasteiger partial charge on any atom is -0.396 e. The summed E-state index contributed by atoms with van der Waals surface area (Å²) in [6.07, 6.45) is 1.58. The predicted molar refractivity (Wildman–Crippen MR) is 52.7 cm³/mol. The Morgan fingerprint density at radius 3 is 2.43 bits per heavy atom. The van der Waals surface area contributed by atoms with Gasteiger partial charge in [-0.15, -0.1) is 0 Å². The number of hydrogen-bond acceptors (Lipinski definition) is 2. The second kappa shape index (κ2) is 3.14. The van der Waals surface area contributed by atoms with Crippen LogP contribution in [0.3, 0.4) is 0 Å². The summed E-state index contributed by atoms with van der Waals surface area (Å²) in [5.41, 5.74) is 7.95. The van der Waals surface area contributed by atoms with Crippen LogP contribution in [0.1, 0.15) is 5.69 Å². The molecule has 0 fully saturated rings. The zero-order chi connectivity index (χ0) is 10.1. The van der Waals surface area contributed by atoms with E-state index in [1.807, 2.05) is 6.92 Å². The van der Waals surface area contributed by atoms with Crippen molar-refractivity contribution >= 4 is 5.69 Å². The molecule has 14 heavy (non-hydrogen) atoms. The first-order chi connectivity index (χ1) is 6.68. The van der Waals surface area contributed by atoms with E-state index in [2.05, 4.69) is 5.10 Å². The Morgan fingerprint density at radius 2 is 1.93 bits per heavy atom. The third-order valence-corrected chi connectivity index (χ3v) is 2.12. The quantitative estimate of drug-likeness (QED) is 0.748. The van der Waals surface area contributed by atoms with Gasteiger partial charge in [0.1, 0.15) is 5.82 Å². The topological polar surface area (TPSA) is 43.8 Å². The van der Waals surface area contributed by atoms with Crippen molar-refractivity contribution in [3.8, 4) is 5.69 Å². The number of aromatic nitrogens is 2. The van der Waals surface area contributed by atoms with E-state index in [0.717, 1.165) is 11.4 Å². The maximum atomic E-state index is 12.7. The Morgan fingerprint density at radius 1 is 1.29 bits per heavy atom. The van der Waals surface area contributed by atoms with Crippen LogP contribution >= 0.6 is 0 Å². The molecule has 1 aromatic carbocycles. The molecule has 1 aromatic heterocycles. The molecule has 1 heterocycles. The maximum absolute atomic E-state index is 12.7. The van der Waals surface area contributed by atoms with Crippen LogP contribution in [0.2, 0.25) is 0 Å². The van der Waals surface area contributed by atoms with Crippen LogP contribution in [0.4, 0.5) is 10.1 Å². The van der Waals surface area contributed by atoms with Crippen molar-refractivity contribution in [3.63, 3.8) is 0 Å². The van der Waals surface area contributed by atoms with Gasteiger partial charge < -0.3 is 5.73 Å². The molecule has 0 saturated heterocycles. The molecule has 0 radical (unpaired) electrons. The first-order valence-corrected chi connectivity index (χ1v) is 4.24. The molecule has 0 bridgehead atoms. The molecule has 2 rings (SSSR count). The Bertz CT molecular complexity index is 445. The van der Waals surface area contributed by atoms with Gasteiger partial charge in [-0.05, 0) is 31.2 Å². The lowest BCUT2D eigenvalue weighted by molar-refractivity contribution is 0.627. The average molecular weight is 191 g/mol. The van der Waals surface area contributed by atoms with E-state index >= 15 is 0 Å². The zero-order valence-electron chi connectivity index (χ0n) is 7.74. The fourth-order valence-electron chi connectivity index (χ4n) is 1.26. The molecular weight excluding hydrogens is 181 g/mol. The lowest BCUT2D eigenvalue weighted by atomic mass is 10.3. The molecule has 2 aromatic rings.